The molecule has 132 valence electrons. The molecule has 1 aromatic carbocycles. The molecule has 1 saturated carbocycles. The monoisotopic (exact) mass is 358 g/mol. The van der Waals surface area contributed by atoms with Crippen LogP contribution in [0.1, 0.15) is 37.6 Å². The number of carbonyl (C=O) groups excluding carboxylic acids is 2. The Morgan fingerprint density at radius 3 is 2.72 bits per heavy atom. The summed E-state index contributed by atoms with van der Waals surface area (Å²) in [6.45, 7) is 2.16. The van der Waals surface area contributed by atoms with Crippen LogP contribution >= 0.6 is 11.3 Å². The highest BCUT2D eigenvalue weighted by Crippen LogP contribution is 2.33. The molecule has 0 bridgehead atoms. The molecule has 0 spiro atoms. The van der Waals surface area contributed by atoms with Crippen LogP contribution in [0.3, 0.4) is 0 Å². The quantitative estimate of drug-likeness (QED) is 0.670. The number of hydrogen-bond donors (Lipinski definition) is 1. The summed E-state index contributed by atoms with van der Waals surface area (Å²) in [5, 5.41) is 3.65. The molecule has 1 heterocycles. The minimum atomic E-state index is -0.906. The van der Waals surface area contributed by atoms with Crippen LogP contribution < -0.4 is 5.32 Å². The summed E-state index contributed by atoms with van der Waals surface area (Å²) in [5.41, 5.74) is 0.0101. The second-order valence-electron chi connectivity index (χ2n) is 6.60. The Morgan fingerprint density at radius 1 is 1.32 bits per heavy atom. The molecule has 25 heavy (non-hydrogen) atoms. The number of rotatable bonds is 4. The molecule has 1 aliphatic rings. The predicted molar refractivity (Wildman–Crippen MR) is 99.2 cm³/mol. The molecule has 6 heteroatoms. The van der Waals surface area contributed by atoms with Crippen LogP contribution in [-0.4, -0.2) is 29.5 Å². The number of nitrogens with one attached hydrogen (secondary N) is 1. The van der Waals surface area contributed by atoms with Gasteiger partial charge in [-0.05, 0) is 49.8 Å². The third-order valence-corrected chi connectivity index (χ3v) is 5.76. The lowest BCUT2D eigenvalue weighted by molar-refractivity contribution is -0.152. The van der Waals surface area contributed by atoms with E-state index in [2.05, 4.69) is 17.2 Å². The highest BCUT2D eigenvalue weighted by molar-refractivity contribution is 7.19. The molecule has 1 aromatic heterocycles. The van der Waals surface area contributed by atoms with Crippen LogP contribution in [-0.2, 0) is 14.3 Å². The van der Waals surface area contributed by atoms with Crippen molar-refractivity contribution in [1.82, 2.24) is 10.3 Å². The van der Waals surface area contributed by atoms with Crippen molar-refractivity contribution < 1.29 is 14.3 Å². The third kappa shape index (κ3) is 3.90. The zero-order valence-electron chi connectivity index (χ0n) is 14.5. The summed E-state index contributed by atoms with van der Waals surface area (Å²) < 4.78 is 6.02. The van der Waals surface area contributed by atoms with E-state index in [1.807, 2.05) is 24.3 Å². The van der Waals surface area contributed by atoms with E-state index in [1.165, 1.54) is 24.5 Å². The van der Waals surface area contributed by atoms with Gasteiger partial charge in [0.1, 0.15) is 10.5 Å². The maximum absolute atomic E-state index is 12.4. The molecule has 1 amide bonds. The Bertz CT molecular complexity index is 771. The average Bonchev–Trinajstić information content (AvgIpc) is 3.04. The number of amides is 1. The molecular weight excluding hydrogens is 336 g/mol. The number of thiazole rings is 1. The first-order valence-corrected chi connectivity index (χ1v) is 9.28. The topological polar surface area (TPSA) is 68.3 Å². The first-order chi connectivity index (χ1) is 12.0. The number of hydrogen-bond acceptors (Lipinski definition) is 5. The third-order valence-electron chi connectivity index (χ3n) is 4.75. The van der Waals surface area contributed by atoms with E-state index in [1.54, 1.807) is 6.08 Å². The fourth-order valence-electron chi connectivity index (χ4n) is 3.22. The molecule has 0 unspecified atom stereocenters. The lowest BCUT2D eigenvalue weighted by atomic mass is 9.77. The number of esters is 1. The van der Waals surface area contributed by atoms with Crippen molar-refractivity contribution in [2.75, 3.05) is 7.11 Å². The van der Waals surface area contributed by atoms with Gasteiger partial charge >= 0.3 is 5.97 Å². The maximum Gasteiger partial charge on any atom is 0.331 e. The van der Waals surface area contributed by atoms with E-state index in [0.717, 1.165) is 28.1 Å². The minimum absolute atomic E-state index is 0.292. The smallest absolute Gasteiger partial charge is 0.331 e. The van der Waals surface area contributed by atoms with Crippen molar-refractivity contribution in [1.29, 1.82) is 0 Å². The van der Waals surface area contributed by atoms with Gasteiger partial charge in [-0.25, -0.2) is 9.78 Å². The second kappa shape index (κ2) is 7.35. The fraction of sp³-hybridized carbons (Fsp3) is 0.421. The molecule has 1 aliphatic carbocycles. The number of benzene rings is 1. The molecule has 5 nitrogen and oxygen atoms in total. The van der Waals surface area contributed by atoms with E-state index in [0.29, 0.717) is 18.8 Å². The number of para-hydroxylation sites is 1. The van der Waals surface area contributed by atoms with Gasteiger partial charge in [-0.1, -0.05) is 19.1 Å². The van der Waals surface area contributed by atoms with Crippen molar-refractivity contribution in [2.45, 2.75) is 38.1 Å². The van der Waals surface area contributed by atoms with Gasteiger partial charge in [0.2, 0.25) is 5.91 Å². The lowest BCUT2D eigenvalue weighted by Crippen LogP contribution is -2.56. The summed E-state index contributed by atoms with van der Waals surface area (Å²) in [7, 11) is 1.37. The lowest BCUT2D eigenvalue weighted by Gasteiger charge is -2.37. The van der Waals surface area contributed by atoms with Gasteiger partial charge in [0.05, 0.1) is 17.3 Å². The number of fused-ring (bicyclic) bond motifs is 1. The molecule has 3 rings (SSSR count). The van der Waals surface area contributed by atoms with Gasteiger partial charge in [0.25, 0.3) is 0 Å². The van der Waals surface area contributed by atoms with Crippen molar-refractivity contribution in [3.63, 3.8) is 0 Å². The fourth-order valence-corrected chi connectivity index (χ4v) is 4.09. The summed E-state index contributed by atoms with van der Waals surface area (Å²) in [6.07, 6.45) is 6.16. The maximum atomic E-state index is 12.4. The Labute approximate surface area is 151 Å². The minimum Gasteiger partial charge on any atom is -0.467 e. The van der Waals surface area contributed by atoms with Gasteiger partial charge in [0, 0.05) is 6.08 Å². The van der Waals surface area contributed by atoms with Crippen molar-refractivity contribution >= 4 is 39.5 Å². The zero-order chi connectivity index (χ0) is 17.9. The SMILES string of the molecule is COC(=O)C1(NC(=O)/C=C/c2nc3ccccc3s2)CCC(C)CC1. The number of ether oxygens (including phenoxy) is 1. The summed E-state index contributed by atoms with van der Waals surface area (Å²) in [4.78, 5) is 29.1. The summed E-state index contributed by atoms with van der Waals surface area (Å²) in [5.74, 6) is -0.0895. The van der Waals surface area contributed by atoms with Crippen molar-refractivity contribution in [3.05, 3.63) is 35.3 Å². The van der Waals surface area contributed by atoms with Gasteiger partial charge in [-0.3, -0.25) is 4.79 Å². The van der Waals surface area contributed by atoms with Gasteiger partial charge in [0.15, 0.2) is 0 Å². The largest absolute Gasteiger partial charge is 0.467 e. The van der Waals surface area contributed by atoms with Crippen LogP contribution in [0.2, 0.25) is 0 Å². The highest BCUT2D eigenvalue weighted by atomic mass is 32.1. The van der Waals surface area contributed by atoms with E-state index in [-0.39, 0.29) is 11.9 Å². The molecule has 0 atom stereocenters. The summed E-state index contributed by atoms with van der Waals surface area (Å²) >= 11 is 1.53. The number of aromatic nitrogens is 1. The van der Waals surface area contributed by atoms with Gasteiger partial charge in [-0.2, -0.15) is 0 Å². The molecular formula is C19H22N2O3S. The molecule has 2 aromatic rings. The van der Waals surface area contributed by atoms with Crippen molar-refractivity contribution in [2.24, 2.45) is 5.92 Å². The van der Waals surface area contributed by atoms with Crippen LogP contribution in [0.4, 0.5) is 0 Å². The number of carbonyl (C=O) groups is 2. The Hall–Kier alpha value is -2.21. The summed E-state index contributed by atoms with van der Waals surface area (Å²) in [6, 6.07) is 7.84. The van der Waals surface area contributed by atoms with Crippen LogP contribution in [0, 0.1) is 5.92 Å². The average molecular weight is 358 g/mol. The Balaban J connectivity index is 1.71. The number of nitrogens with zero attached hydrogens (tertiary/aromatic N) is 1. The standard InChI is InChI=1S/C19H22N2O3S/c1-13-9-11-19(12-10-13,18(23)24-2)21-16(22)7-8-17-20-14-5-3-4-6-15(14)25-17/h3-8,13H,9-12H2,1-2H3,(H,21,22)/b8-7+. The molecule has 0 aliphatic heterocycles. The molecule has 0 radical (unpaired) electrons. The van der Waals surface area contributed by atoms with E-state index in [4.69, 9.17) is 4.74 Å². The van der Waals surface area contributed by atoms with Crippen molar-refractivity contribution in [3.8, 4) is 0 Å². The normalized spacial score (nSPS) is 23.7. The Kier molecular flexibility index (Phi) is 5.18. The number of methoxy groups -OCH3 is 1. The van der Waals surface area contributed by atoms with Crippen LogP contribution in [0.25, 0.3) is 16.3 Å². The predicted octanol–water partition coefficient (Wildman–Crippen LogP) is 3.55. The zero-order valence-corrected chi connectivity index (χ0v) is 15.3. The molecule has 0 saturated heterocycles. The van der Waals surface area contributed by atoms with Gasteiger partial charge < -0.3 is 10.1 Å². The van der Waals surface area contributed by atoms with E-state index >= 15 is 0 Å². The molecule has 1 fully saturated rings. The van der Waals surface area contributed by atoms with Gasteiger partial charge in [-0.15, -0.1) is 11.3 Å². The Morgan fingerprint density at radius 2 is 2.04 bits per heavy atom. The first-order valence-electron chi connectivity index (χ1n) is 8.47. The van der Waals surface area contributed by atoms with Crippen LogP contribution in [0.15, 0.2) is 30.3 Å². The van der Waals surface area contributed by atoms with Crippen LogP contribution in [0.5, 0.6) is 0 Å². The van der Waals surface area contributed by atoms with E-state index < -0.39 is 5.54 Å². The highest BCUT2D eigenvalue weighted by Gasteiger charge is 2.43. The second-order valence-corrected chi connectivity index (χ2v) is 7.66. The molecule has 1 N–H and O–H groups in total. The van der Waals surface area contributed by atoms with E-state index in [9.17, 15) is 9.59 Å². The first kappa shape index (κ1) is 17.6.